The van der Waals surface area contributed by atoms with Crippen molar-refractivity contribution in [2.24, 2.45) is 0 Å². The van der Waals surface area contributed by atoms with Crippen LogP contribution in [0.5, 0.6) is 0 Å². The second-order valence-electron chi connectivity index (χ2n) is 5.10. The van der Waals surface area contributed by atoms with Gasteiger partial charge in [-0.2, -0.15) is 0 Å². The van der Waals surface area contributed by atoms with Crippen LogP contribution in [0.1, 0.15) is 26.6 Å². The van der Waals surface area contributed by atoms with Gasteiger partial charge < -0.3 is 9.30 Å². The number of imidazole rings is 1. The van der Waals surface area contributed by atoms with E-state index in [2.05, 4.69) is 30.3 Å². The third-order valence-corrected chi connectivity index (χ3v) is 2.87. The lowest BCUT2D eigenvalue weighted by Gasteiger charge is -2.24. The third kappa shape index (κ3) is 2.31. The molecule has 0 spiro atoms. The molecule has 0 N–H and O–H groups in total. The maximum Gasteiger partial charge on any atom is 0.136 e. The Balaban J connectivity index is 2.73. The van der Waals surface area contributed by atoms with Crippen molar-refractivity contribution >= 4 is 22.6 Å². The highest BCUT2D eigenvalue weighted by atomic mass is 35.5. The van der Waals surface area contributed by atoms with Crippen molar-refractivity contribution in [1.82, 2.24) is 9.55 Å². The zero-order valence-electron chi connectivity index (χ0n) is 10.6. The second-order valence-corrected chi connectivity index (χ2v) is 5.54. The fraction of sp³-hybridized carbons (Fsp3) is 0.462. The summed E-state index contributed by atoms with van der Waals surface area (Å²) in [6.45, 7) is 6.94. The number of rotatable bonds is 2. The van der Waals surface area contributed by atoms with Crippen molar-refractivity contribution in [1.29, 1.82) is 0 Å². The highest BCUT2D eigenvalue weighted by Gasteiger charge is 2.21. The topological polar surface area (TPSA) is 27.1 Å². The minimum absolute atomic E-state index is 0.0483. The average molecular weight is 253 g/mol. The quantitative estimate of drug-likeness (QED) is 0.817. The molecule has 0 unspecified atom stereocenters. The number of fused-ring (bicyclic) bond motifs is 1. The monoisotopic (exact) mass is 252 g/mol. The zero-order chi connectivity index (χ0) is 12.6. The van der Waals surface area contributed by atoms with Crippen LogP contribution < -0.4 is 0 Å². The Kier molecular flexibility index (Phi) is 3.15. The molecule has 4 heteroatoms. The van der Waals surface area contributed by atoms with Gasteiger partial charge in [0, 0.05) is 17.7 Å². The molecule has 17 heavy (non-hydrogen) atoms. The van der Waals surface area contributed by atoms with E-state index < -0.39 is 0 Å². The molecule has 1 heterocycles. The van der Waals surface area contributed by atoms with Crippen LogP contribution in [0, 0.1) is 0 Å². The Morgan fingerprint density at radius 3 is 2.65 bits per heavy atom. The number of aromatic nitrogens is 2. The molecule has 92 valence electrons. The van der Waals surface area contributed by atoms with Crippen LogP contribution in [0.3, 0.4) is 0 Å². The minimum atomic E-state index is -0.0483. The SMILES string of the molecule is COCc1nc2ccc(Cl)cc2n1C(C)(C)C. The lowest BCUT2D eigenvalue weighted by atomic mass is 10.1. The molecule has 2 rings (SSSR count). The van der Waals surface area contributed by atoms with Gasteiger partial charge in [-0.3, -0.25) is 0 Å². The molecule has 0 saturated heterocycles. The van der Waals surface area contributed by atoms with E-state index in [0.717, 1.165) is 21.9 Å². The first-order chi connectivity index (χ1) is 7.93. The van der Waals surface area contributed by atoms with E-state index in [9.17, 15) is 0 Å². The van der Waals surface area contributed by atoms with Gasteiger partial charge in [0.1, 0.15) is 12.4 Å². The second kappa shape index (κ2) is 4.31. The maximum atomic E-state index is 6.05. The molecule has 0 radical (unpaired) electrons. The van der Waals surface area contributed by atoms with Crippen LogP contribution in [0.2, 0.25) is 5.02 Å². The summed E-state index contributed by atoms with van der Waals surface area (Å²) in [5, 5.41) is 0.729. The molecule has 0 saturated carbocycles. The number of methoxy groups -OCH3 is 1. The number of halogens is 1. The summed E-state index contributed by atoms with van der Waals surface area (Å²) >= 11 is 6.05. The average Bonchev–Trinajstić information content (AvgIpc) is 2.54. The van der Waals surface area contributed by atoms with Gasteiger partial charge in [0.2, 0.25) is 0 Å². The molecule has 2 aromatic rings. The predicted molar refractivity (Wildman–Crippen MR) is 70.5 cm³/mol. The van der Waals surface area contributed by atoms with Gasteiger partial charge in [-0.25, -0.2) is 4.98 Å². The van der Waals surface area contributed by atoms with Gasteiger partial charge >= 0.3 is 0 Å². The fourth-order valence-corrected chi connectivity index (χ4v) is 2.24. The summed E-state index contributed by atoms with van der Waals surface area (Å²) in [6.07, 6.45) is 0. The molecule has 0 amide bonds. The van der Waals surface area contributed by atoms with E-state index in [1.165, 1.54) is 0 Å². The van der Waals surface area contributed by atoms with Crippen molar-refractivity contribution in [2.45, 2.75) is 32.9 Å². The first-order valence-corrected chi connectivity index (χ1v) is 5.97. The summed E-state index contributed by atoms with van der Waals surface area (Å²) in [4.78, 5) is 4.59. The van der Waals surface area contributed by atoms with Crippen molar-refractivity contribution in [2.75, 3.05) is 7.11 Å². The number of hydrogen-bond donors (Lipinski definition) is 0. The van der Waals surface area contributed by atoms with Crippen LogP contribution in [-0.4, -0.2) is 16.7 Å². The highest BCUT2D eigenvalue weighted by Crippen LogP contribution is 2.27. The maximum absolute atomic E-state index is 6.05. The lowest BCUT2D eigenvalue weighted by Crippen LogP contribution is -2.24. The van der Waals surface area contributed by atoms with Crippen molar-refractivity contribution < 1.29 is 4.74 Å². The van der Waals surface area contributed by atoms with E-state index in [4.69, 9.17) is 16.3 Å². The van der Waals surface area contributed by atoms with Gasteiger partial charge in [-0.15, -0.1) is 0 Å². The summed E-state index contributed by atoms with van der Waals surface area (Å²) in [6, 6.07) is 5.76. The van der Waals surface area contributed by atoms with Crippen LogP contribution >= 0.6 is 11.6 Å². The Morgan fingerprint density at radius 1 is 1.35 bits per heavy atom. The normalized spacial score (nSPS) is 12.3. The first-order valence-electron chi connectivity index (χ1n) is 5.60. The number of ether oxygens (including phenoxy) is 1. The molecule has 0 aliphatic rings. The van der Waals surface area contributed by atoms with Gasteiger partial charge in [0.25, 0.3) is 0 Å². The van der Waals surface area contributed by atoms with E-state index in [0.29, 0.717) is 6.61 Å². The van der Waals surface area contributed by atoms with Crippen LogP contribution in [-0.2, 0) is 16.9 Å². The molecular weight excluding hydrogens is 236 g/mol. The lowest BCUT2D eigenvalue weighted by molar-refractivity contribution is 0.169. The fourth-order valence-electron chi connectivity index (χ4n) is 2.07. The third-order valence-electron chi connectivity index (χ3n) is 2.63. The minimum Gasteiger partial charge on any atom is -0.377 e. The van der Waals surface area contributed by atoms with Crippen molar-refractivity contribution in [3.63, 3.8) is 0 Å². The molecule has 1 aromatic carbocycles. The molecular formula is C13H17ClN2O. The Labute approximate surface area is 106 Å². The van der Waals surface area contributed by atoms with Crippen LogP contribution in [0.15, 0.2) is 18.2 Å². The number of benzene rings is 1. The first kappa shape index (κ1) is 12.4. The molecule has 0 atom stereocenters. The standard InChI is InChI=1S/C13H17ClN2O/c1-13(2,3)16-11-7-9(14)5-6-10(11)15-12(16)8-17-4/h5-7H,8H2,1-4H3. The van der Waals surface area contributed by atoms with Crippen LogP contribution in [0.25, 0.3) is 11.0 Å². The van der Waals surface area contributed by atoms with Crippen molar-refractivity contribution in [3.05, 3.63) is 29.0 Å². The van der Waals surface area contributed by atoms with Crippen molar-refractivity contribution in [3.8, 4) is 0 Å². The van der Waals surface area contributed by atoms with Gasteiger partial charge in [-0.05, 0) is 39.0 Å². The molecule has 0 fully saturated rings. The molecule has 0 aliphatic carbocycles. The molecule has 3 nitrogen and oxygen atoms in total. The van der Waals surface area contributed by atoms with Gasteiger partial charge in [0.05, 0.1) is 11.0 Å². The smallest absolute Gasteiger partial charge is 0.136 e. The van der Waals surface area contributed by atoms with E-state index in [1.54, 1.807) is 7.11 Å². The van der Waals surface area contributed by atoms with Crippen LogP contribution in [0.4, 0.5) is 0 Å². The largest absolute Gasteiger partial charge is 0.377 e. The van der Waals surface area contributed by atoms with Gasteiger partial charge in [-0.1, -0.05) is 11.6 Å². The Hall–Kier alpha value is -1.06. The number of nitrogens with zero attached hydrogens (tertiary/aromatic N) is 2. The Morgan fingerprint density at radius 2 is 2.06 bits per heavy atom. The van der Waals surface area contributed by atoms with E-state index in [-0.39, 0.29) is 5.54 Å². The summed E-state index contributed by atoms with van der Waals surface area (Å²) < 4.78 is 7.39. The van der Waals surface area contributed by atoms with E-state index >= 15 is 0 Å². The molecule has 0 aliphatic heterocycles. The highest BCUT2D eigenvalue weighted by molar-refractivity contribution is 6.31. The molecule has 1 aromatic heterocycles. The Bertz CT molecular complexity index is 540. The predicted octanol–water partition coefficient (Wildman–Crippen LogP) is 3.59. The number of hydrogen-bond acceptors (Lipinski definition) is 2. The van der Waals surface area contributed by atoms with E-state index in [1.807, 2.05) is 18.2 Å². The summed E-state index contributed by atoms with van der Waals surface area (Å²) in [5.41, 5.74) is 1.96. The van der Waals surface area contributed by atoms with Gasteiger partial charge in [0.15, 0.2) is 0 Å². The summed E-state index contributed by atoms with van der Waals surface area (Å²) in [7, 11) is 1.68. The summed E-state index contributed by atoms with van der Waals surface area (Å²) in [5.74, 6) is 0.928. The molecule has 0 bridgehead atoms. The zero-order valence-corrected chi connectivity index (χ0v) is 11.4.